The predicted molar refractivity (Wildman–Crippen MR) is 50.4 cm³/mol. The van der Waals surface area contributed by atoms with Gasteiger partial charge in [0.15, 0.2) is 0 Å². The largest absolute Gasteiger partial charge is 0.346 e. The van der Waals surface area contributed by atoms with E-state index in [0.29, 0.717) is 4.64 Å². The smallest absolute Gasteiger partial charge is 0.130 e. The number of nitrogens with zero attached hydrogens (tertiary/aromatic N) is 3. The SMILES string of the molecule is S=c1cc(-c2cncnc2)[nH]cn1. The van der Waals surface area contributed by atoms with Crippen LogP contribution in [0.2, 0.25) is 0 Å². The van der Waals surface area contributed by atoms with Crippen molar-refractivity contribution in [2.24, 2.45) is 0 Å². The Morgan fingerprint density at radius 1 is 1.23 bits per heavy atom. The van der Waals surface area contributed by atoms with E-state index in [9.17, 15) is 0 Å². The van der Waals surface area contributed by atoms with Crippen molar-refractivity contribution in [3.05, 3.63) is 35.8 Å². The average Bonchev–Trinajstić information content (AvgIpc) is 2.19. The summed E-state index contributed by atoms with van der Waals surface area (Å²) in [6.45, 7) is 0. The minimum absolute atomic E-state index is 0.553. The van der Waals surface area contributed by atoms with Crippen LogP contribution in [0, 0.1) is 4.64 Å². The zero-order valence-electron chi connectivity index (χ0n) is 6.64. The van der Waals surface area contributed by atoms with Crippen LogP contribution < -0.4 is 0 Å². The third kappa shape index (κ3) is 1.75. The van der Waals surface area contributed by atoms with E-state index < -0.39 is 0 Å². The fourth-order valence-electron chi connectivity index (χ4n) is 0.973. The van der Waals surface area contributed by atoms with Crippen molar-refractivity contribution in [2.75, 3.05) is 0 Å². The monoisotopic (exact) mass is 190 g/mol. The standard InChI is InChI=1S/C8H6N4S/c13-8-1-7(11-5-12-8)6-2-9-4-10-3-6/h1-5H,(H,11,12,13). The Morgan fingerprint density at radius 3 is 2.69 bits per heavy atom. The van der Waals surface area contributed by atoms with E-state index in [0.717, 1.165) is 11.3 Å². The number of aromatic nitrogens is 4. The maximum absolute atomic E-state index is 4.93. The van der Waals surface area contributed by atoms with Gasteiger partial charge in [-0.05, 0) is 6.07 Å². The Kier molecular flexibility index (Phi) is 2.09. The topological polar surface area (TPSA) is 54.5 Å². The van der Waals surface area contributed by atoms with E-state index in [1.165, 1.54) is 6.33 Å². The Labute approximate surface area is 79.7 Å². The molecule has 2 rings (SSSR count). The Hall–Kier alpha value is -1.62. The summed E-state index contributed by atoms with van der Waals surface area (Å²) in [6.07, 6.45) is 6.48. The van der Waals surface area contributed by atoms with E-state index in [1.807, 2.05) is 0 Å². The van der Waals surface area contributed by atoms with Gasteiger partial charge in [-0.2, -0.15) is 0 Å². The molecule has 0 unspecified atom stereocenters. The van der Waals surface area contributed by atoms with Gasteiger partial charge in [0.05, 0.1) is 12.0 Å². The van der Waals surface area contributed by atoms with Gasteiger partial charge in [-0.25, -0.2) is 15.0 Å². The van der Waals surface area contributed by atoms with Crippen molar-refractivity contribution in [1.29, 1.82) is 0 Å². The van der Waals surface area contributed by atoms with E-state index in [-0.39, 0.29) is 0 Å². The van der Waals surface area contributed by atoms with Crippen LogP contribution in [0.3, 0.4) is 0 Å². The van der Waals surface area contributed by atoms with E-state index in [4.69, 9.17) is 12.2 Å². The normalized spacial score (nSPS) is 9.85. The van der Waals surface area contributed by atoms with Crippen LogP contribution in [0.5, 0.6) is 0 Å². The molecule has 13 heavy (non-hydrogen) atoms. The van der Waals surface area contributed by atoms with Gasteiger partial charge < -0.3 is 4.98 Å². The maximum atomic E-state index is 4.93. The zero-order valence-corrected chi connectivity index (χ0v) is 7.45. The minimum atomic E-state index is 0.553. The molecule has 2 heterocycles. The van der Waals surface area contributed by atoms with Crippen molar-refractivity contribution < 1.29 is 0 Å². The predicted octanol–water partition coefficient (Wildman–Crippen LogP) is 1.60. The molecule has 0 aliphatic carbocycles. The summed E-state index contributed by atoms with van der Waals surface area (Å²) in [6, 6.07) is 1.77. The molecule has 0 aliphatic rings. The van der Waals surface area contributed by atoms with Gasteiger partial charge in [-0.1, -0.05) is 12.2 Å². The molecule has 2 aromatic rings. The summed E-state index contributed by atoms with van der Waals surface area (Å²) in [5, 5.41) is 0. The van der Waals surface area contributed by atoms with Gasteiger partial charge in [0.25, 0.3) is 0 Å². The molecule has 0 aromatic carbocycles. The number of nitrogens with one attached hydrogen (secondary N) is 1. The molecule has 0 atom stereocenters. The number of hydrogen-bond acceptors (Lipinski definition) is 4. The second-order valence-corrected chi connectivity index (χ2v) is 2.84. The van der Waals surface area contributed by atoms with Crippen molar-refractivity contribution in [2.45, 2.75) is 0 Å². The van der Waals surface area contributed by atoms with Crippen LogP contribution in [0.1, 0.15) is 0 Å². The quantitative estimate of drug-likeness (QED) is 0.694. The first kappa shape index (κ1) is 8.00. The van der Waals surface area contributed by atoms with Gasteiger partial charge in [0.1, 0.15) is 11.0 Å². The molecule has 0 saturated heterocycles. The van der Waals surface area contributed by atoms with Crippen molar-refractivity contribution >= 4 is 12.2 Å². The number of H-pyrrole nitrogens is 1. The maximum Gasteiger partial charge on any atom is 0.130 e. The summed E-state index contributed by atoms with van der Waals surface area (Å²) in [5.74, 6) is 0. The molecule has 0 fully saturated rings. The highest BCUT2D eigenvalue weighted by molar-refractivity contribution is 7.71. The number of rotatable bonds is 1. The van der Waals surface area contributed by atoms with E-state index in [1.54, 1.807) is 24.8 Å². The van der Waals surface area contributed by atoms with Crippen molar-refractivity contribution in [3.63, 3.8) is 0 Å². The second kappa shape index (κ2) is 3.40. The molecule has 0 bridgehead atoms. The molecule has 0 spiro atoms. The lowest BCUT2D eigenvalue weighted by Crippen LogP contribution is -1.86. The molecule has 2 aromatic heterocycles. The summed E-state index contributed by atoms with van der Waals surface area (Å²) < 4.78 is 0.553. The highest BCUT2D eigenvalue weighted by atomic mass is 32.1. The molecular weight excluding hydrogens is 184 g/mol. The Bertz CT molecular complexity index is 451. The highest BCUT2D eigenvalue weighted by Gasteiger charge is 1.96. The third-order valence-corrected chi connectivity index (χ3v) is 1.77. The van der Waals surface area contributed by atoms with Gasteiger partial charge in [-0.3, -0.25) is 0 Å². The first-order valence-corrected chi connectivity index (χ1v) is 4.07. The summed E-state index contributed by atoms with van der Waals surface area (Å²) in [5.41, 5.74) is 1.77. The van der Waals surface area contributed by atoms with Crippen molar-refractivity contribution in [1.82, 2.24) is 19.9 Å². The van der Waals surface area contributed by atoms with Gasteiger partial charge in [0, 0.05) is 18.0 Å². The Balaban J connectivity index is 2.54. The lowest BCUT2D eigenvalue weighted by Gasteiger charge is -1.97. The summed E-state index contributed by atoms with van der Waals surface area (Å²) in [7, 11) is 0. The lowest BCUT2D eigenvalue weighted by molar-refractivity contribution is 1.12. The molecular formula is C8H6N4S. The lowest BCUT2D eigenvalue weighted by atomic mass is 10.2. The van der Waals surface area contributed by atoms with Gasteiger partial charge in [-0.15, -0.1) is 0 Å². The molecule has 0 saturated carbocycles. The zero-order chi connectivity index (χ0) is 9.10. The molecule has 0 amide bonds. The molecule has 64 valence electrons. The average molecular weight is 190 g/mol. The molecule has 0 aliphatic heterocycles. The van der Waals surface area contributed by atoms with Crippen LogP contribution in [-0.2, 0) is 0 Å². The fraction of sp³-hybridized carbons (Fsp3) is 0. The molecule has 0 radical (unpaired) electrons. The summed E-state index contributed by atoms with van der Waals surface area (Å²) >= 11 is 4.93. The van der Waals surface area contributed by atoms with Crippen LogP contribution in [-0.4, -0.2) is 19.9 Å². The van der Waals surface area contributed by atoms with E-state index in [2.05, 4.69) is 19.9 Å². The van der Waals surface area contributed by atoms with Crippen LogP contribution >= 0.6 is 12.2 Å². The van der Waals surface area contributed by atoms with Crippen LogP contribution in [0.25, 0.3) is 11.3 Å². The molecule has 4 nitrogen and oxygen atoms in total. The number of aromatic amines is 1. The number of hydrogen-bond donors (Lipinski definition) is 1. The van der Waals surface area contributed by atoms with Gasteiger partial charge >= 0.3 is 0 Å². The highest BCUT2D eigenvalue weighted by Crippen LogP contribution is 2.11. The summed E-state index contributed by atoms with van der Waals surface area (Å²) in [4.78, 5) is 14.7. The van der Waals surface area contributed by atoms with Crippen molar-refractivity contribution in [3.8, 4) is 11.3 Å². The van der Waals surface area contributed by atoms with Gasteiger partial charge in [0.2, 0.25) is 0 Å². The Morgan fingerprint density at radius 2 is 2.00 bits per heavy atom. The van der Waals surface area contributed by atoms with E-state index >= 15 is 0 Å². The first-order valence-electron chi connectivity index (χ1n) is 3.66. The van der Waals surface area contributed by atoms with Crippen LogP contribution in [0.4, 0.5) is 0 Å². The molecule has 1 N–H and O–H groups in total. The molecule has 5 heteroatoms. The third-order valence-electron chi connectivity index (χ3n) is 1.55. The minimum Gasteiger partial charge on any atom is -0.346 e. The fourth-order valence-corrected chi connectivity index (χ4v) is 1.14. The second-order valence-electron chi connectivity index (χ2n) is 2.43. The first-order chi connectivity index (χ1) is 6.36. The van der Waals surface area contributed by atoms with Crippen LogP contribution in [0.15, 0.2) is 31.1 Å².